The molecule has 4 nitrogen and oxygen atoms in total. The monoisotopic (exact) mass is 359 g/mol. The van der Waals surface area contributed by atoms with Crippen LogP contribution in [0.1, 0.15) is 35.4 Å². The van der Waals surface area contributed by atoms with Gasteiger partial charge in [-0.25, -0.2) is 0 Å². The number of ether oxygens (including phenoxy) is 1. The van der Waals surface area contributed by atoms with E-state index in [9.17, 15) is 0 Å². The third-order valence-electron chi connectivity index (χ3n) is 5.74. The summed E-state index contributed by atoms with van der Waals surface area (Å²) in [5.41, 5.74) is 8.05. The van der Waals surface area contributed by atoms with Gasteiger partial charge >= 0.3 is 0 Å². The summed E-state index contributed by atoms with van der Waals surface area (Å²) in [6, 6.07) is 11.0. The number of hydrogen-bond donors (Lipinski definition) is 0. The second-order valence-electron chi connectivity index (χ2n) is 7.93. The van der Waals surface area contributed by atoms with Gasteiger partial charge in [0, 0.05) is 36.4 Å². The molecule has 4 heterocycles. The van der Waals surface area contributed by atoms with Crippen molar-refractivity contribution in [3.8, 4) is 0 Å². The number of hydrogen-bond acceptors (Lipinski definition) is 3. The molecule has 1 aromatic carbocycles. The Hall–Kier alpha value is -2.43. The summed E-state index contributed by atoms with van der Waals surface area (Å²) in [4.78, 5) is 6.57. The molecule has 3 aromatic rings. The average Bonchev–Trinajstić information content (AvgIpc) is 2.93. The highest BCUT2D eigenvalue weighted by atomic mass is 16.5. The molecule has 138 valence electrons. The van der Waals surface area contributed by atoms with Crippen LogP contribution >= 0.6 is 0 Å². The van der Waals surface area contributed by atoms with Gasteiger partial charge in [0.2, 0.25) is 0 Å². The van der Waals surface area contributed by atoms with E-state index in [1.54, 1.807) is 0 Å². The molecule has 2 aromatic heterocycles. The van der Waals surface area contributed by atoms with Crippen molar-refractivity contribution in [2.75, 3.05) is 13.6 Å². The van der Waals surface area contributed by atoms with E-state index in [4.69, 9.17) is 4.74 Å². The van der Waals surface area contributed by atoms with Crippen molar-refractivity contribution < 1.29 is 4.74 Å². The largest absolute Gasteiger partial charge is 0.365 e. The Morgan fingerprint density at radius 2 is 1.93 bits per heavy atom. The minimum Gasteiger partial charge on any atom is -0.365 e. The molecule has 0 spiro atoms. The number of aryl methyl sites for hydroxylation is 1. The lowest BCUT2D eigenvalue weighted by Gasteiger charge is -2.32. The number of nitrogens with zero attached hydrogens (tertiary/aromatic N) is 3. The van der Waals surface area contributed by atoms with Crippen LogP contribution in [0.5, 0.6) is 0 Å². The third-order valence-corrected chi connectivity index (χ3v) is 5.74. The van der Waals surface area contributed by atoms with Gasteiger partial charge in [-0.1, -0.05) is 11.6 Å². The Morgan fingerprint density at radius 1 is 1.11 bits per heavy atom. The topological polar surface area (TPSA) is 30.3 Å². The van der Waals surface area contributed by atoms with Crippen LogP contribution in [0.15, 0.2) is 48.8 Å². The summed E-state index contributed by atoms with van der Waals surface area (Å²) < 4.78 is 8.95. The molecule has 0 N–H and O–H groups in total. The first-order valence-corrected chi connectivity index (χ1v) is 9.67. The lowest BCUT2D eigenvalue weighted by molar-refractivity contribution is 0.0100. The van der Waals surface area contributed by atoms with Crippen molar-refractivity contribution in [1.29, 1.82) is 0 Å². The average molecular weight is 359 g/mol. The van der Waals surface area contributed by atoms with Gasteiger partial charge in [0.1, 0.15) is 6.10 Å². The Kier molecular flexibility index (Phi) is 3.92. The van der Waals surface area contributed by atoms with Gasteiger partial charge in [0.15, 0.2) is 0 Å². The normalized spacial score (nSPS) is 24.8. The maximum absolute atomic E-state index is 6.46. The molecule has 0 saturated heterocycles. The molecular weight excluding hydrogens is 334 g/mol. The second kappa shape index (κ2) is 6.32. The highest BCUT2D eigenvalue weighted by Gasteiger charge is 2.30. The maximum Gasteiger partial charge on any atom is 0.101 e. The van der Waals surface area contributed by atoms with Crippen LogP contribution in [0, 0.1) is 6.92 Å². The predicted molar refractivity (Wildman–Crippen MR) is 109 cm³/mol. The van der Waals surface area contributed by atoms with E-state index >= 15 is 0 Å². The van der Waals surface area contributed by atoms with E-state index in [-0.39, 0.29) is 12.2 Å². The molecular formula is C23H25N3O. The van der Waals surface area contributed by atoms with Crippen molar-refractivity contribution in [1.82, 2.24) is 14.5 Å². The predicted octanol–water partition coefficient (Wildman–Crippen LogP) is 4.33. The molecule has 0 bridgehead atoms. The highest BCUT2D eigenvalue weighted by Crippen LogP contribution is 2.39. The standard InChI is InChI=1S/C23H25N3O/c1-15-4-5-21-19(10-15)20-13-25(3)12-18-11-16(2)27-22(14-26(21)23(18)20)17-6-8-24-9-7-17/h4-11,16,22H,12-14H2,1-3H3/b18-11-. The minimum absolute atomic E-state index is 0.0152. The van der Waals surface area contributed by atoms with Crippen molar-refractivity contribution >= 4 is 16.5 Å². The molecule has 2 atom stereocenters. The van der Waals surface area contributed by atoms with Gasteiger partial charge in [0.25, 0.3) is 0 Å². The second-order valence-corrected chi connectivity index (χ2v) is 7.93. The van der Waals surface area contributed by atoms with E-state index in [1.807, 2.05) is 12.4 Å². The zero-order chi connectivity index (χ0) is 18.5. The molecule has 0 aliphatic carbocycles. The Labute approximate surface area is 160 Å². The zero-order valence-electron chi connectivity index (χ0n) is 16.1. The molecule has 0 radical (unpaired) electrons. The molecule has 27 heavy (non-hydrogen) atoms. The van der Waals surface area contributed by atoms with Gasteiger partial charge in [-0.15, -0.1) is 0 Å². The van der Waals surface area contributed by atoms with Gasteiger partial charge in [-0.3, -0.25) is 9.88 Å². The molecule has 5 rings (SSSR count). The summed E-state index contributed by atoms with van der Waals surface area (Å²) >= 11 is 0. The van der Waals surface area contributed by atoms with Crippen LogP contribution in [-0.4, -0.2) is 34.1 Å². The number of likely N-dealkylation sites (N-methyl/N-ethyl adjacent to an activating group) is 1. The number of pyridine rings is 1. The number of rotatable bonds is 1. The fourth-order valence-corrected chi connectivity index (χ4v) is 4.63. The van der Waals surface area contributed by atoms with E-state index in [0.29, 0.717) is 0 Å². The Morgan fingerprint density at radius 3 is 2.74 bits per heavy atom. The first-order valence-electron chi connectivity index (χ1n) is 9.67. The molecule has 2 aliphatic rings. The maximum atomic E-state index is 6.46. The van der Waals surface area contributed by atoms with Crippen LogP contribution in [-0.2, 0) is 17.8 Å². The van der Waals surface area contributed by atoms with Gasteiger partial charge in [-0.2, -0.15) is 0 Å². The van der Waals surface area contributed by atoms with E-state index < -0.39 is 0 Å². The van der Waals surface area contributed by atoms with Crippen molar-refractivity contribution in [2.24, 2.45) is 0 Å². The number of fused-ring (bicyclic) bond motifs is 3. The van der Waals surface area contributed by atoms with Crippen molar-refractivity contribution in [3.05, 3.63) is 71.2 Å². The van der Waals surface area contributed by atoms with Crippen LogP contribution in [0.4, 0.5) is 0 Å². The van der Waals surface area contributed by atoms with Crippen LogP contribution < -0.4 is 0 Å². The van der Waals surface area contributed by atoms with Crippen molar-refractivity contribution in [3.63, 3.8) is 0 Å². The summed E-state index contributed by atoms with van der Waals surface area (Å²) in [5.74, 6) is 0. The first kappa shape index (κ1) is 16.7. The minimum atomic E-state index is 0.0152. The summed E-state index contributed by atoms with van der Waals surface area (Å²) in [6.45, 7) is 7.11. The lowest BCUT2D eigenvalue weighted by atomic mass is 9.98. The smallest absolute Gasteiger partial charge is 0.101 e. The fraction of sp³-hybridized carbons (Fsp3) is 0.348. The van der Waals surface area contributed by atoms with Gasteiger partial charge in [-0.05, 0) is 67.9 Å². The Bertz CT molecular complexity index is 1030. The highest BCUT2D eigenvalue weighted by molar-refractivity contribution is 5.92. The quantitative estimate of drug-likeness (QED) is 0.648. The first-order chi connectivity index (χ1) is 13.1. The van der Waals surface area contributed by atoms with Crippen LogP contribution in [0.25, 0.3) is 16.5 Å². The lowest BCUT2D eigenvalue weighted by Crippen LogP contribution is -2.30. The molecule has 2 unspecified atom stereocenters. The molecule has 0 saturated carbocycles. The van der Waals surface area contributed by atoms with Gasteiger partial charge < -0.3 is 9.30 Å². The molecule has 4 heteroatoms. The van der Waals surface area contributed by atoms with Crippen molar-refractivity contribution in [2.45, 2.75) is 39.1 Å². The van der Waals surface area contributed by atoms with E-state index in [2.05, 4.69) is 71.8 Å². The van der Waals surface area contributed by atoms with Crippen LogP contribution in [0.2, 0.25) is 0 Å². The van der Waals surface area contributed by atoms with Gasteiger partial charge in [0.05, 0.1) is 18.3 Å². The van der Waals surface area contributed by atoms with Crippen LogP contribution in [0.3, 0.4) is 0 Å². The SMILES string of the molecule is Cc1ccc2c(c1)c1c3n2CC(c2ccncc2)OC(C)/C=C\3CN(C)C1. The fourth-order valence-electron chi connectivity index (χ4n) is 4.63. The summed E-state index contributed by atoms with van der Waals surface area (Å²) in [5, 5.41) is 1.38. The Balaban J connectivity index is 1.75. The van der Waals surface area contributed by atoms with E-state index in [1.165, 1.54) is 38.9 Å². The molecule has 0 amide bonds. The molecule has 0 fully saturated rings. The third kappa shape index (κ3) is 2.80. The molecule has 2 aliphatic heterocycles. The van der Waals surface area contributed by atoms with E-state index in [0.717, 1.165) is 19.6 Å². The zero-order valence-corrected chi connectivity index (χ0v) is 16.1. The number of aromatic nitrogens is 2. The summed E-state index contributed by atoms with van der Waals surface area (Å²) in [7, 11) is 2.20. The summed E-state index contributed by atoms with van der Waals surface area (Å²) in [6.07, 6.45) is 6.10. The number of benzene rings is 1.